The number of amides is 1. The Morgan fingerprint density at radius 2 is 1.89 bits per heavy atom. The van der Waals surface area contributed by atoms with Crippen molar-refractivity contribution in [3.63, 3.8) is 0 Å². The molecule has 0 radical (unpaired) electrons. The summed E-state index contributed by atoms with van der Waals surface area (Å²) in [6.45, 7) is 2.32. The van der Waals surface area contributed by atoms with Crippen molar-refractivity contribution < 1.29 is 18.0 Å². The van der Waals surface area contributed by atoms with Crippen LogP contribution in [0.5, 0.6) is 0 Å². The van der Waals surface area contributed by atoms with Gasteiger partial charge in [0.15, 0.2) is 0 Å². The second-order valence-electron chi connectivity index (χ2n) is 3.81. The molecule has 0 unspecified atom stereocenters. The van der Waals surface area contributed by atoms with E-state index in [9.17, 15) is 18.0 Å². The van der Waals surface area contributed by atoms with Crippen LogP contribution in [0.15, 0.2) is 24.3 Å². The number of rotatable bonds is 5. The molecule has 0 heterocycles. The molecule has 6 heteroatoms. The zero-order valence-electron chi connectivity index (χ0n) is 9.97. The van der Waals surface area contributed by atoms with E-state index in [-0.39, 0.29) is 18.0 Å². The third-order valence-corrected chi connectivity index (χ3v) is 2.31. The van der Waals surface area contributed by atoms with Gasteiger partial charge in [-0.25, -0.2) is 0 Å². The van der Waals surface area contributed by atoms with Crippen LogP contribution in [-0.2, 0) is 17.5 Å². The van der Waals surface area contributed by atoms with Crippen LogP contribution < -0.4 is 10.6 Å². The number of benzene rings is 1. The molecule has 2 N–H and O–H groups in total. The molecule has 1 amide bonds. The maximum Gasteiger partial charge on any atom is 0.416 e. The standard InChI is InChI=1S/C12H15F3N2O/c1-9(18)17-7-6-16-8-10-4-2-3-5-11(10)12(13,14)15/h2-5,16H,6-8H2,1H3,(H,17,18). The highest BCUT2D eigenvalue weighted by Crippen LogP contribution is 2.31. The fraction of sp³-hybridized carbons (Fsp3) is 0.417. The summed E-state index contributed by atoms with van der Waals surface area (Å²) in [5, 5.41) is 5.41. The molecule has 0 spiro atoms. The van der Waals surface area contributed by atoms with E-state index in [1.807, 2.05) is 0 Å². The number of carbonyl (C=O) groups excluding carboxylic acids is 1. The number of halogens is 3. The molecule has 1 aromatic carbocycles. The minimum absolute atomic E-state index is 0.120. The van der Waals surface area contributed by atoms with E-state index >= 15 is 0 Å². The minimum atomic E-state index is -4.34. The second kappa shape index (κ2) is 6.39. The van der Waals surface area contributed by atoms with E-state index in [0.29, 0.717) is 13.1 Å². The normalized spacial score (nSPS) is 11.3. The third-order valence-electron chi connectivity index (χ3n) is 2.31. The van der Waals surface area contributed by atoms with Crippen LogP contribution in [0.3, 0.4) is 0 Å². The minimum Gasteiger partial charge on any atom is -0.355 e. The van der Waals surface area contributed by atoms with Crippen LogP contribution in [0.4, 0.5) is 13.2 Å². The van der Waals surface area contributed by atoms with Crippen molar-refractivity contribution in [2.45, 2.75) is 19.6 Å². The van der Waals surface area contributed by atoms with Gasteiger partial charge in [0.05, 0.1) is 5.56 Å². The molecule has 0 bridgehead atoms. The maximum atomic E-state index is 12.6. The van der Waals surface area contributed by atoms with Crippen molar-refractivity contribution in [1.29, 1.82) is 0 Å². The van der Waals surface area contributed by atoms with Crippen LogP contribution in [-0.4, -0.2) is 19.0 Å². The topological polar surface area (TPSA) is 41.1 Å². The van der Waals surface area contributed by atoms with Crippen LogP contribution in [0.2, 0.25) is 0 Å². The lowest BCUT2D eigenvalue weighted by molar-refractivity contribution is -0.138. The summed E-state index contributed by atoms with van der Waals surface area (Å²) in [5.74, 6) is -0.160. The van der Waals surface area contributed by atoms with Gasteiger partial charge in [0, 0.05) is 26.6 Å². The first-order valence-electron chi connectivity index (χ1n) is 5.51. The zero-order chi connectivity index (χ0) is 13.6. The molecular weight excluding hydrogens is 245 g/mol. The summed E-state index contributed by atoms with van der Waals surface area (Å²) in [6, 6.07) is 5.43. The molecule has 0 saturated carbocycles. The van der Waals surface area contributed by atoms with E-state index in [2.05, 4.69) is 10.6 Å². The Kier molecular flexibility index (Phi) is 5.15. The first kappa shape index (κ1) is 14.5. The van der Waals surface area contributed by atoms with Crippen molar-refractivity contribution in [3.05, 3.63) is 35.4 Å². The molecule has 0 saturated heterocycles. The molecule has 1 aromatic rings. The molecule has 0 fully saturated rings. The van der Waals surface area contributed by atoms with Crippen LogP contribution >= 0.6 is 0 Å². The summed E-state index contributed by atoms with van der Waals surface area (Å²) >= 11 is 0. The van der Waals surface area contributed by atoms with Gasteiger partial charge < -0.3 is 10.6 Å². The highest BCUT2D eigenvalue weighted by atomic mass is 19.4. The summed E-state index contributed by atoms with van der Waals surface area (Å²) in [4.78, 5) is 10.6. The van der Waals surface area contributed by atoms with Crippen molar-refractivity contribution in [3.8, 4) is 0 Å². The Hall–Kier alpha value is -1.56. The van der Waals surface area contributed by atoms with Gasteiger partial charge in [-0.1, -0.05) is 18.2 Å². The largest absolute Gasteiger partial charge is 0.416 e. The van der Waals surface area contributed by atoms with Crippen LogP contribution in [0.25, 0.3) is 0 Å². The highest BCUT2D eigenvalue weighted by Gasteiger charge is 2.32. The quantitative estimate of drug-likeness (QED) is 0.794. The Balaban J connectivity index is 2.50. The average molecular weight is 260 g/mol. The molecular formula is C12H15F3N2O. The lowest BCUT2D eigenvalue weighted by atomic mass is 10.1. The summed E-state index contributed by atoms with van der Waals surface area (Å²) in [5.41, 5.74) is -0.426. The van der Waals surface area contributed by atoms with Crippen molar-refractivity contribution >= 4 is 5.91 Å². The molecule has 0 aromatic heterocycles. The van der Waals surface area contributed by atoms with E-state index in [1.165, 1.54) is 19.1 Å². The predicted octanol–water partition coefficient (Wildman–Crippen LogP) is 1.93. The molecule has 0 aliphatic carbocycles. The first-order valence-corrected chi connectivity index (χ1v) is 5.51. The van der Waals surface area contributed by atoms with Crippen LogP contribution in [0, 0.1) is 0 Å². The Morgan fingerprint density at radius 3 is 2.50 bits per heavy atom. The number of hydrogen-bond acceptors (Lipinski definition) is 2. The smallest absolute Gasteiger partial charge is 0.355 e. The molecule has 1 rings (SSSR count). The van der Waals surface area contributed by atoms with E-state index < -0.39 is 11.7 Å². The molecule has 0 atom stereocenters. The van der Waals surface area contributed by atoms with E-state index in [1.54, 1.807) is 6.07 Å². The van der Waals surface area contributed by atoms with Gasteiger partial charge in [-0.05, 0) is 11.6 Å². The summed E-state index contributed by atoms with van der Waals surface area (Å²) in [6.07, 6.45) is -4.34. The van der Waals surface area contributed by atoms with Gasteiger partial charge in [0.2, 0.25) is 5.91 Å². The Labute approximate surface area is 103 Å². The van der Waals surface area contributed by atoms with E-state index in [0.717, 1.165) is 6.07 Å². The molecule has 0 aliphatic rings. The maximum absolute atomic E-state index is 12.6. The van der Waals surface area contributed by atoms with Gasteiger partial charge >= 0.3 is 6.18 Å². The summed E-state index contributed by atoms with van der Waals surface area (Å²) in [7, 11) is 0. The van der Waals surface area contributed by atoms with Gasteiger partial charge in [-0.3, -0.25) is 4.79 Å². The highest BCUT2D eigenvalue weighted by molar-refractivity contribution is 5.72. The Bertz CT molecular complexity index is 405. The van der Waals surface area contributed by atoms with Gasteiger partial charge in [-0.2, -0.15) is 13.2 Å². The zero-order valence-corrected chi connectivity index (χ0v) is 9.97. The number of hydrogen-bond donors (Lipinski definition) is 2. The number of alkyl halides is 3. The molecule has 18 heavy (non-hydrogen) atoms. The SMILES string of the molecule is CC(=O)NCCNCc1ccccc1C(F)(F)F. The fourth-order valence-electron chi connectivity index (χ4n) is 1.50. The van der Waals surface area contributed by atoms with Crippen molar-refractivity contribution in [1.82, 2.24) is 10.6 Å². The van der Waals surface area contributed by atoms with E-state index in [4.69, 9.17) is 0 Å². The van der Waals surface area contributed by atoms with Gasteiger partial charge in [-0.15, -0.1) is 0 Å². The molecule has 3 nitrogen and oxygen atoms in total. The number of carbonyl (C=O) groups is 1. The second-order valence-corrected chi connectivity index (χ2v) is 3.81. The number of nitrogens with one attached hydrogen (secondary N) is 2. The third kappa shape index (κ3) is 4.75. The Morgan fingerprint density at radius 1 is 1.22 bits per heavy atom. The molecule has 0 aliphatic heterocycles. The van der Waals surface area contributed by atoms with Crippen molar-refractivity contribution in [2.24, 2.45) is 0 Å². The van der Waals surface area contributed by atoms with Gasteiger partial charge in [0.1, 0.15) is 0 Å². The summed E-state index contributed by atoms with van der Waals surface area (Å²) < 4.78 is 37.9. The lowest BCUT2D eigenvalue weighted by Crippen LogP contribution is -2.30. The fourth-order valence-corrected chi connectivity index (χ4v) is 1.50. The van der Waals surface area contributed by atoms with Gasteiger partial charge in [0.25, 0.3) is 0 Å². The van der Waals surface area contributed by atoms with Crippen molar-refractivity contribution in [2.75, 3.05) is 13.1 Å². The van der Waals surface area contributed by atoms with Crippen LogP contribution in [0.1, 0.15) is 18.1 Å². The monoisotopic (exact) mass is 260 g/mol. The molecule has 100 valence electrons. The predicted molar refractivity (Wildman–Crippen MR) is 61.8 cm³/mol. The first-order chi connectivity index (χ1) is 8.41. The lowest BCUT2D eigenvalue weighted by Gasteiger charge is -2.13. The average Bonchev–Trinajstić information content (AvgIpc) is 2.27.